The Kier molecular flexibility index (Phi) is 4.26. The Hall–Kier alpha value is -1.73. The molecule has 2 heterocycles. The van der Waals surface area contributed by atoms with Crippen molar-refractivity contribution in [1.82, 2.24) is 4.98 Å². The highest BCUT2D eigenvalue weighted by atomic mass is 32.2. The van der Waals surface area contributed by atoms with Gasteiger partial charge in [0.2, 0.25) is 5.91 Å². The zero-order valence-electron chi connectivity index (χ0n) is 11.9. The van der Waals surface area contributed by atoms with Gasteiger partial charge in [-0.2, -0.15) is 0 Å². The Bertz CT molecular complexity index is 769. The molecule has 0 saturated carbocycles. The van der Waals surface area contributed by atoms with Crippen molar-refractivity contribution >= 4 is 32.2 Å². The van der Waals surface area contributed by atoms with Crippen molar-refractivity contribution in [2.75, 3.05) is 16.8 Å². The molecule has 2 aromatic rings. The summed E-state index contributed by atoms with van der Waals surface area (Å²) in [7, 11) is -3.05. The van der Waals surface area contributed by atoms with Gasteiger partial charge in [-0.25, -0.2) is 13.4 Å². The predicted octanol–water partition coefficient (Wildman–Crippen LogP) is 2.11. The molecule has 22 heavy (non-hydrogen) atoms. The molecule has 1 aliphatic rings. The summed E-state index contributed by atoms with van der Waals surface area (Å²) < 4.78 is 22.8. The minimum Gasteiger partial charge on any atom is -0.302 e. The summed E-state index contributed by atoms with van der Waals surface area (Å²) in [6.45, 7) is 0. The lowest BCUT2D eigenvalue weighted by molar-refractivity contribution is -0.119. The number of amides is 1. The van der Waals surface area contributed by atoms with Crippen LogP contribution in [-0.4, -0.2) is 30.8 Å². The first-order chi connectivity index (χ1) is 10.5. The molecule has 1 saturated heterocycles. The van der Waals surface area contributed by atoms with Crippen molar-refractivity contribution in [3.8, 4) is 0 Å². The zero-order valence-corrected chi connectivity index (χ0v) is 13.5. The summed E-state index contributed by atoms with van der Waals surface area (Å²) in [5.41, 5.74) is 1.19. The summed E-state index contributed by atoms with van der Waals surface area (Å²) in [6, 6.07) is 10.0. The number of anilines is 1. The summed E-state index contributed by atoms with van der Waals surface area (Å²) in [6.07, 6.45) is 2.92. The minimum atomic E-state index is -3.05. The molecule has 0 aliphatic carbocycles. The topological polar surface area (TPSA) is 76.1 Å². The Morgan fingerprint density at radius 3 is 2.77 bits per heavy atom. The number of sulfone groups is 1. The zero-order chi connectivity index (χ0) is 15.6. The van der Waals surface area contributed by atoms with Crippen molar-refractivity contribution < 1.29 is 13.2 Å². The van der Waals surface area contributed by atoms with E-state index in [1.807, 2.05) is 30.3 Å². The summed E-state index contributed by atoms with van der Waals surface area (Å²) in [5.74, 6) is -0.656. The maximum absolute atomic E-state index is 12.1. The quantitative estimate of drug-likeness (QED) is 0.928. The average molecular weight is 336 g/mol. The first-order valence-corrected chi connectivity index (χ1v) is 9.65. The summed E-state index contributed by atoms with van der Waals surface area (Å²) in [5, 5.41) is 3.26. The first-order valence-electron chi connectivity index (χ1n) is 7.02. The van der Waals surface area contributed by atoms with Crippen LogP contribution in [0.4, 0.5) is 5.13 Å². The molecule has 0 spiro atoms. The van der Waals surface area contributed by atoms with Gasteiger partial charge in [0.25, 0.3) is 0 Å². The van der Waals surface area contributed by atoms with E-state index in [2.05, 4.69) is 10.3 Å². The summed E-state index contributed by atoms with van der Waals surface area (Å²) >= 11 is 1.42. The van der Waals surface area contributed by atoms with E-state index >= 15 is 0 Å². The molecule has 1 amide bonds. The molecule has 116 valence electrons. The van der Waals surface area contributed by atoms with Gasteiger partial charge < -0.3 is 5.32 Å². The maximum Gasteiger partial charge on any atom is 0.230 e. The van der Waals surface area contributed by atoms with Gasteiger partial charge >= 0.3 is 0 Å². The fraction of sp³-hybridized carbons (Fsp3) is 0.333. The number of thiazole rings is 1. The lowest BCUT2D eigenvalue weighted by Crippen LogP contribution is -2.23. The van der Waals surface area contributed by atoms with E-state index in [0.717, 1.165) is 11.3 Å². The van der Waals surface area contributed by atoms with Crippen LogP contribution in [0.3, 0.4) is 0 Å². The molecule has 0 bridgehead atoms. The second-order valence-corrected chi connectivity index (χ2v) is 8.73. The van der Waals surface area contributed by atoms with Crippen LogP contribution in [-0.2, 0) is 21.1 Å². The molecule has 3 rings (SSSR count). The molecule has 1 aromatic carbocycles. The van der Waals surface area contributed by atoms with Gasteiger partial charge in [-0.15, -0.1) is 11.3 Å². The molecule has 1 aromatic heterocycles. The van der Waals surface area contributed by atoms with Crippen molar-refractivity contribution in [1.29, 1.82) is 0 Å². The molecule has 0 radical (unpaired) electrons. The van der Waals surface area contributed by atoms with Crippen molar-refractivity contribution in [3.05, 3.63) is 47.0 Å². The van der Waals surface area contributed by atoms with Crippen LogP contribution in [0.15, 0.2) is 36.5 Å². The molecule has 5 nitrogen and oxygen atoms in total. The highest BCUT2D eigenvalue weighted by Crippen LogP contribution is 2.24. The van der Waals surface area contributed by atoms with Gasteiger partial charge in [-0.1, -0.05) is 30.3 Å². The predicted molar refractivity (Wildman–Crippen MR) is 86.8 cm³/mol. The Morgan fingerprint density at radius 2 is 2.09 bits per heavy atom. The molecule has 1 fully saturated rings. The van der Waals surface area contributed by atoms with E-state index in [1.165, 1.54) is 16.9 Å². The van der Waals surface area contributed by atoms with Gasteiger partial charge in [-0.3, -0.25) is 4.79 Å². The number of benzene rings is 1. The molecule has 1 atom stereocenters. The average Bonchev–Trinajstić information content (AvgIpc) is 3.06. The molecule has 1 aliphatic heterocycles. The molecule has 1 N–H and O–H groups in total. The molecular weight excluding hydrogens is 320 g/mol. The van der Waals surface area contributed by atoms with E-state index in [0.29, 0.717) is 11.6 Å². The number of nitrogens with one attached hydrogen (secondary N) is 1. The fourth-order valence-corrected chi connectivity index (χ4v) is 5.04. The lowest BCUT2D eigenvalue weighted by atomic mass is 10.1. The highest BCUT2D eigenvalue weighted by Gasteiger charge is 2.33. The number of aromatic nitrogens is 1. The second-order valence-electron chi connectivity index (χ2n) is 5.38. The van der Waals surface area contributed by atoms with Crippen LogP contribution in [0.1, 0.15) is 16.9 Å². The fourth-order valence-electron chi connectivity index (χ4n) is 2.45. The Balaban J connectivity index is 1.61. The lowest BCUT2D eigenvalue weighted by Gasteiger charge is -2.06. The Morgan fingerprint density at radius 1 is 1.32 bits per heavy atom. The van der Waals surface area contributed by atoms with Crippen LogP contribution >= 0.6 is 11.3 Å². The number of nitrogens with zero attached hydrogens (tertiary/aromatic N) is 1. The summed E-state index contributed by atoms with van der Waals surface area (Å²) in [4.78, 5) is 17.3. The number of hydrogen-bond acceptors (Lipinski definition) is 5. The monoisotopic (exact) mass is 336 g/mol. The van der Waals surface area contributed by atoms with Crippen LogP contribution < -0.4 is 5.32 Å². The largest absolute Gasteiger partial charge is 0.302 e. The second kappa shape index (κ2) is 6.18. The molecule has 0 unspecified atom stereocenters. The van der Waals surface area contributed by atoms with Gasteiger partial charge in [-0.05, 0) is 12.0 Å². The van der Waals surface area contributed by atoms with Crippen LogP contribution in [0.25, 0.3) is 0 Å². The third-order valence-corrected chi connectivity index (χ3v) is 6.29. The number of rotatable bonds is 4. The third kappa shape index (κ3) is 3.72. The minimum absolute atomic E-state index is 0.0545. The first kappa shape index (κ1) is 15.2. The van der Waals surface area contributed by atoms with Crippen LogP contribution in [0.5, 0.6) is 0 Å². The molecule has 7 heteroatoms. The maximum atomic E-state index is 12.1. The standard InChI is InChI=1S/C15H16N2O3S2/c18-14(12-6-7-22(19,20)10-12)17-15-16-9-13(21-15)8-11-4-2-1-3-5-11/h1-5,9,12H,6-8,10H2,(H,16,17,18)/t12-/m0/s1. The highest BCUT2D eigenvalue weighted by molar-refractivity contribution is 7.91. The van der Waals surface area contributed by atoms with Gasteiger partial charge in [0.15, 0.2) is 15.0 Å². The van der Waals surface area contributed by atoms with Crippen molar-refractivity contribution in [3.63, 3.8) is 0 Å². The van der Waals surface area contributed by atoms with Crippen LogP contribution in [0.2, 0.25) is 0 Å². The van der Waals surface area contributed by atoms with E-state index in [-0.39, 0.29) is 17.4 Å². The van der Waals surface area contributed by atoms with E-state index in [1.54, 1.807) is 6.20 Å². The number of carbonyl (C=O) groups excluding carboxylic acids is 1. The van der Waals surface area contributed by atoms with Crippen LogP contribution in [0, 0.1) is 5.92 Å². The number of hydrogen-bond donors (Lipinski definition) is 1. The van der Waals surface area contributed by atoms with Gasteiger partial charge in [0.05, 0.1) is 17.4 Å². The third-order valence-electron chi connectivity index (χ3n) is 3.61. The van der Waals surface area contributed by atoms with E-state index in [9.17, 15) is 13.2 Å². The normalized spacial score (nSPS) is 19.9. The van der Waals surface area contributed by atoms with Crippen molar-refractivity contribution in [2.24, 2.45) is 5.92 Å². The van der Waals surface area contributed by atoms with Gasteiger partial charge in [0.1, 0.15) is 0 Å². The van der Waals surface area contributed by atoms with Crippen molar-refractivity contribution in [2.45, 2.75) is 12.8 Å². The SMILES string of the molecule is O=C(Nc1ncc(Cc2ccccc2)s1)[C@H]1CCS(=O)(=O)C1. The smallest absolute Gasteiger partial charge is 0.230 e. The van der Waals surface area contributed by atoms with E-state index < -0.39 is 15.8 Å². The Labute approximate surface area is 133 Å². The number of carbonyl (C=O) groups is 1. The molecular formula is C15H16N2O3S2. The van der Waals surface area contributed by atoms with Gasteiger partial charge in [0, 0.05) is 17.5 Å². The van der Waals surface area contributed by atoms with E-state index in [4.69, 9.17) is 0 Å².